The van der Waals surface area contributed by atoms with Gasteiger partial charge >= 0.3 is 12.4 Å². The van der Waals surface area contributed by atoms with Crippen LogP contribution in [0.4, 0.5) is 18.0 Å². The third-order valence-electron chi connectivity index (χ3n) is 3.42. The summed E-state index contributed by atoms with van der Waals surface area (Å²) in [6.45, 7) is 3.76. The molecule has 1 rings (SSSR count). The van der Waals surface area contributed by atoms with E-state index >= 15 is 0 Å². The van der Waals surface area contributed by atoms with Crippen molar-refractivity contribution in [2.24, 2.45) is 11.7 Å². The highest BCUT2D eigenvalue weighted by Gasteiger charge is 2.31. The molecular weight excluding hydrogens is 327 g/mol. The van der Waals surface area contributed by atoms with E-state index in [-0.39, 0.29) is 18.2 Å². The molecule has 0 aliphatic carbocycles. The predicted molar refractivity (Wildman–Crippen MR) is 80.9 cm³/mol. The smallest absolute Gasteiger partial charge is 0.406 e. The number of hydrogen-bond acceptors (Lipinski definition) is 3. The van der Waals surface area contributed by atoms with Gasteiger partial charge in [0.25, 0.3) is 0 Å². The van der Waals surface area contributed by atoms with E-state index in [4.69, 9.17) is 5.73 Å². The van der Waals surface area contributed by atoms with Crippen LogP contribution in [0.25, 0.3) is 0 Å². The third kappa shape index (κ3) is 6.76. The van der Waals surface area contributed by atoms with Crippen LogP contribution in [0.2, 0.25) is 0 Å². The van der Waals surface area contributed by atoms with Crippen LogP contribution in [0.5, 0.6) is 5.75 Å². The number of nitrogens with one attached hydrogen (secondary N) is 2. The number of halogens is 3. The fourth-order valence-electron chi connectivity index (χ4n) is 1.96. The summed E-state index contributed by atoms with van der Waals surface area (Å²) in [5.74, 6) is -0.885. The molecule has 0 saturated carbocycles. The van der Waals surface area contributed by atoms with Crippen molar-refractivity contribution in [1.82, 2.24) is 10.6 Å². The first-order chi connectivity index (χ1) is 11.1. The molecule has 0 bridgehead atoms. The first-order valence-corrected chi connectivity index (χ1v) is 7.30. The Labute approximate surface area is 137 Å². The lowest BCUT2D eigenvalue weighted by Crippen LogP contribution is -2.51. The second-order valence-electron chi connectivity index (χ2n) is 5.28. The minimum absolute atomic E-state index is 0.0957. The molecule has 0 saturated heterocycles. The zero-order valence-corrected chi connectivity index (χ0v) is 13.3. The van der Waals surface area contributed by atoms with Gasteiger partial charge in [-0.1, -0.05) is 32.4 Å². The third-order valence-corrected chi connectivity index (χ3v) is 3.42. The number of alkyl halides is 3. The number of benzene rings is 1. The molecule has 2 atom stereocenters. The van der Waals surface area contributed by atoms with Gasteiger partial charge in [-0.3, -0.25) is 4.79 Å². The summed E-state index contributed by atoms with van der Waals surface area (Å²) < 4.78 is 40.0. The van der Waals surface area contributed by atoms with Gasteiger partial charge in [0.05, 0.1) is 0 Å². The lowest BCUT2D eigenvalue weighted by atomic mass is 9.98. The largest absolute Gasteiger partial charge is 0.573 e. The number of ether oxygens (including phenoxy) is 1. The molecule has 0 aliphatic heterocycles. The van der Waals surface area contributed by atoms with E-state index in [1.807, 2.05) is 6.92 Å². The fourth-order valence-corrected chi connectivity index (χ4v) is 1.96. The Morgan fingerprint density at radius 3 is 2.29 bits per heavy atom. The van der Waals surface area contributed by atoms with Gasteiger partial charge in [-0.2, -0.15) is 0 Å². The Morgan fingerprint density at radius 1 is 1.25 bits per heavy atom. The van der Waals surface area contributed by atoms with Crippen LogP contribution in [0, 0.1) is 5.92 Å². The first-order valence-electron chi connectivity index (χ1n) is 7.30. The molecule has 6 nitrogen and oxygen atoms in total. The van der Waals surface area contributed by atoms with E-state index in [2.05, 4.69) is 15.4 Å². The Balaban J connectivity index is 2.63. The van der Waals surface area contributed by atoms with Crippen molar-refractivity contribution in [2.45, 2.75) is 39.2 Å². The summed E-state index contributed by atoms with van der Waals surface area (Å²) in [5, 5.41) is 5.00. The number of primary amides is 1. The molecule has 0 aromatic heterocycles. The molecule has 9 heteroatoms. The summed E-state index contributed by atoms with van der Waals surface area (Å²) in [7, 11) is 0. The second kappa shape index (κ2) is 8.42. The first kappa shape index (κ1) is 19.6. The molecule has 1 aromatic carbocycles. The number of hydrogen-bond donors (Lipinski definition) is 3. The molecule has 0 heterocycles. The number of carbonyl (C=O) groups is 2. The Kier molecular flexibility index (Phi) is 6.87. The highest BCUT2D eigenvalue weighted by molar-refractivity contribution is 5.86. The van der Waals surface area contributed by atoms with E-state index in [1.165, 1.54) is 12.1 Å². The molecule has 0 fully saturated rings. The molecule has 4 N–H and O–H groups in total. The van der Waals surface area contributed by atoms with Gasteiger partial charge < -0.3 is 21.1 Å². The SMILES string of the molecule is CC[C@@H](C)[C@@H](NC(N)=O)C(=O)NCc1ccc(OC(F)(F)F)cc1. The Bertz CT molecular complexity index is 561. The average Bonchev–Trinajstić information content (AvgIpc) is 2.49. The van der Waals surface area contributed by atoms with Crippen LogP contribution >= 0.6 is 0 Å². The van der Waals surface area contributed by atoms with Gasteiger partial charge in [-0.15, -0.1) is 13.2 Å². The van der Waals surface area contributed by atoms with Crippen LogP contribution in [-0.2, 0) is 11.3 Å². The Morgan fingerprint density at radius 2 is 1.83 bits per heavy atom. The van der Waals surface area contributed by atoms with E-state index in [1.54, 1.807) is 6.92 Å². The maximum Gasteiger partial charge on any atom is 0.573 e. The van der Waals surface area contributed by atoms with Crippen LogP contribution < -0.4 is 21.1 Å². The highest BCUT2D eigenvalue weighted by atomic mass is 19.4. The summed E-state index contributed by atoms with van der Waals surface area (Å²) in [6, 6.07) is 3.54. The van der Waals surface area contributed by atoms with Crippen LogP contribution in [0.1, 0.15) is 25.8 Å². The van der Waals surface area contributed by atoms with Crippen LogP contribution in [0.3, 0.4) is 0 Å². The molecule has 0 unspecified atom stereocenters. The maximum atomic E-state index is 12.2. The monoisotopic (exact) mass is 347 g/mol. The summed E-state index contributed by atoms with van der Waals surface area (Å²) >= 11 is 0. The van der Waals surface area contributed by atoms with Crippen molar-refractivity contribution < 1.29 is 27.5 Å². The van der Waals surface area contributed by atoms with Gasteiger partial charge in [0.1, 0.15) is 11.8 Å². The normalized spacial score (nSPS) is 13.7. The Hall–Kier alpha value is -2.45. The van der Waals surface area contributed by atoms with Gasteiger partial charge in [0, 0.05) is 6.54 Å². The van der Waals surface area contributed by atoms with Crippen molar-refractivity contribution in [3.63, 3.8) is 0 Å². The van der Waals surface area contributed by atoms with Gasteiger partial charge in [-0.05, 0) is 23.6 Å². The lowest BCUT2D eigenvalue weighted by Gasteiger charge is -2.22. The van der Waals surface area contributed by atoms with E-state index in [9.17, 15) is 22.8 Å². The van der Waals surface area contributed by atoms with Gasteiger partial charge in [-0.25, -0.2) is 4.79 Å². The van der Waals surface area contributed by atoms with Crippen LogP contribution in [-0.4, -0.2) is 24.3 Å². The number of urea groups is 1. The molecular formula is C15H20F3N3O3. The fraction of sp³-hybridized carbons (Fsp3) is 0.467. The van der Waals surface area contributed by atoms with Crippen molar-refractivity contribution in [3.05, 3.63) is 29.8 Å². The summed E-state index contributed by atoms with van der Waals surface area (Å²) in [4.78, 5) is 23.1. The van der Waals surface area contributed by atoms with E-state index < -0.39 is 24.3 Å². The average molecular weight is 347 g/mol. The van der Waals surface area contributed by atoms with Gasteiger partial charge in [0.15, 0.2) is 0 Å². The van der Waals surface area contributed by atoms with Gasteiger partial charge in [0.2, 0.25) is 5.91 Å². The maximum absolute atomic E-state index is 12.2. The quantitative estimate of drug-likeness (QED) is 0.706. The predicted octanol–water partition coefficient (Wildman–Crippen LogP) is 2.28. The number of rotatable bonds is 7. The lowest BCUT2D eigenvalue weighted by molar-refractivity contribution is -0.274. The van der Waals surface area contributed by atoms with Crippen molar-refractivity contribution in [2.75, 3.05) is 0 Å². The van der Waals surface area contributed by atoms with Crippen molar-refractivity contribution in [3.8, 4) is 5.75 Å². The zero-order valence-electron chi connectivity index (χ0n) is 13.3. The highest BCUT2D eigenvalue weighted by Crippen LogP contribution is 2.22. The summed E-state index contributed by atoms with van der Waals surface area (Å²) in [5.41, 5.74) is 5.65. The molecule has 24 heavy (non-hydrogen) atoms. The molecule has 1 aromatic rings. The van der Waals surface area contributed by atoms with E-state index in [0.29, 0.717) is 12.0 Å². The zero-order chi connectivity index (χ0) is 18.3. The van der Waals surface area contributed by atoms with Crippen LogP contribution in [0.15, 0.2) is 24.3 Å². The minimum atomic E-state index is -4.75. The second-order valence-corrected chi connectivity index (χ2v) is 5.28. The van der Waals surface area contributed by atoms with Crippen molar-refractivity contribution in [1.29, 1.82) is 0 Å². The molecule has 3 amide bonds. The number of carbonyl (C=O) groups excluding carboxylic acids is 2. The molecule has 0 spiro atoms. The minimum Gasteiger partial charge on any atom is -0.406 e. The summed E-state index contributed by atoms with van der Waals surface area (Å²) in [6.07, 6.45) is -4.10. The topological polar surface area (TPSA) is 93.5 Å². The molecule has 0 aliphatic rings. The molecule has 0 radical (unpaired) electrons. The van der Waals surface area contributed by atoms with E-state index in [0.717, 1.165) is 12.1 Å². The molecule has 134 valence electrons. The van der Waals surface area contributed by atoms with Crippen molar-refractivity contribution >= 4 is 11.9 Å². The number of amides is 3. The number of nitrogens with two attached hydrogens (primary N) is 1. The standard InChI is InChI=1S/C15H20F3N3O3/c1-3-9(2)12(21-14(19)23)13(22)20-8-10-4-6-11(7-5-10)24-15(16,17)18/h4-7,9,12H,3,8H2,1-2H3,(H,20,22)(H3,19,21,23)/t9-,12-/m1/s1.